The molecule has 1 aliphatic carbocycles. The van der Waals surface area contributed by atoms with Crippen LogP contribution in [0.2, 0.25) is 0 Å². The summed E-state index contributed by atoms with van der Waals surface area (Å²) in [4.78, 5) is 14.7. The number of carbonyl (C=O) groups is 1. The van der Waals surface area contributed by atoms with Gasteiger partial charge in [0, 0.05) is 7.11 Å². The Hall–Kier alpha value is -1.44. The number of aromatic nitrogens is 2. The molecule has 0 radical (unpaired) electrons. The molecule has 19 heavy (non-hydrogen) atoms. The third-order valence-corrected chi connectivity index (χ3v) is 3.31. The highest BCUT2D eigenvalue weighted by Crippen LogP contribution is 2.40. The van der Waals surface area contributed by atoms with Crippen LogP contribution in [0.5, 0.6) is 0 Å². The summed E-state index contributed by atoms with van der Waals surface area (Å²) >= 11 is 0. The van der Waals surface area contributed by atoms with Crippen molar-refractivity contribution in [2.75, 3.05) is 7.11 Å². The molecule has 0 amide bonds. The Kier molecular flexibility index (Phi) is 3.62. The van der Waals surface area contributed by atoms with Crippen LogP contribution in [0.1, 0.15) is 37.4 Å². The molecule has 0 spiro atoms. The molecule has 0 bridgehead atoms. The number of ether oxygens (including phenoxy) is 1. The second-order valence-electron chi connectivity index (χ2n) is 4.51. The standard InChI is InChI=1S/C11H13F3N2O3/c1-18-10(4-2-3-5-10)9-15-8(19-16-9)6-7(17)11(12,13)14/h2-6H2,1H3. The highest BCUT2D eigenvalue weighted by atomic mass is 19.4. The molecular weight excluding hydrogens is 265 g/mol. The van der Waals surface area contributed by atoms with E-state index in [4.69, 9.17) is 9.26 Å². The maximum absolute atomic E-state index is 12.1. The predicted molar refractivity (Wildman–Crippen MR) is 56.2 cm³/mol. The minimum Gasteiger partial charge on any atom is -0.370 e. The van der Waals surface area contributed by atoms with Crippen molar-refractivity contribution < 1.29 is 27.2 Å². The van der Waals surface area contributed by atoms with Crippen LogP contribution in [-0.2, 0) is 21.6 Å². The first-order chi connectivity index (χ1) is 8.87. The van der Waals surface area contributed by atoms with Gasteiger partial charge in [0.2, 0.25) is 17.5 Å². The maximum atomic E-state index is 12.1. The summed E-state index contributed by atoms with van der Waals surface area (Å²) in [5.74, 6) is -2.02. The molecule has 1 aromatic heterocycles. The van der Waals surface area contributed by atoms with Gasteiger partial charge in [0.25, 0.3) is 0 Å². The molecule has 0 saturated heterocycles. The maximum Gasteiger partial charge on any atom is 0.450 e. The number of methoxy groups -OCH3 is 1. The topological polar surface area (TPSA) is 65.2 Å². The molecule has 5 nitrogen and oxygen atoms in total. The van der Waals surface area contributed by atoms with Gasteiger partial charge in [-0.1, -0.05) is 5.16 Å². The molecule has 0 aromatic carbocycles. The first-order valence-corrected chi connectivity index (χ1v) is 5.86. The number of rotatable bonds is 4. The molecule has 1 aliphatic rings. The summed E-state index contributed by atoms with van der Waals surface area (Å²) in [7, 11) is 1.50. The molecule has 8 heteroatoms. The van der Waals surface area contributed by atoms with E-state index in [0.29, 0.717) is 12.8 Å². The molecule has 106 valence electrons. The van der Waals surface area contributed by atoms with E-state index in [2.05, 4.69) is 10.1 Å². The minimum atomic E-state index is -4.89. The SMILES string of the molecule is COC1(c2noc(CC(=O)C(F)(F)F)n2)CCCC1. The third kappa shape index (κ3) is 2.78. The zero-order valence-corrected chi connectivity index (χ0v) is 10.3. The van der Waals surface area contributed by atoms with Gasteiger partial charge in [-0.25, -0.2) is 0 Å². The van der Waals surface area contributed by atoms with Crippen molar-refractivity contribution in [3.8, 4) is 0 Å². The van der Waals surface area contributed by atoms with Crippen LogP contribution in [0.3, 0.4) is 0 Å². The zero-order chi connectivity index (χ0) is 14.1. The lowest BCUT2D eigenvalue weighted by Gasteiger charge is -2.22. The Balaban J connectivity index is 2.13. The first kappa shape index (κ1) is 14.0. The fraction of sp³-hybridized carbons (Fsp3) is 0.727. The van der Waals surface area contributed by atoms with E-state index in [1.54, 1.807) is 0 Å². The van der Waals surface area contributed by atoms with Crippen LogP contribution < -0.4 is 0 Å². The second kappa shape index (κ2) is 4.92. The van der Waals surface area contributed by atoms with Gasteiger partial charge in [0.05, 0.1) is 6.42 Å². The normalized spacial score (nSPS) is 18.7. The number of halogens is 3. The fourth-order valence-corrected chi connectivity index (χ4v) is 2.21. The van der Waals surface area contributed by atoms with E-state index in [-0.39, 0.29) is 11.7 Å². The van der Waals surface area contributed by atoms with E-state index in [0.717, 1.165) is 12.8 Å². The Labute approximate surface area is 107 Å². The Morgan fingerprint density at radius 1 is 1.42 bits per heavy atom. The van der Waals surface area contributed by atoms with Crippen molar-refractivity contribution in [1.29, 1.82) is 0 Å². The lowest BCUT2D eigenvalue weighted by molar-refractivity contribution is -0.170. The molecule has 1 saturated carbocycles. The van der Waals surface area contributed by atoms with E-state index in [1.807, 2.05) is 0 Å². The number of hydrogen-bond acceptors (Lipinski definition) is 5. The molecule has 0 unspecified atom stereocenters. The van der Waals surface area contributed by atoms with E-state index < -0.39 is 24.0 Å². The lowest BCUT2D eigenvalue weighted by atomic mass is 10.0. The molecule has 2 rings (SSSR count). The van der Waals surface area contributed by atoms with Crippen LogP contribution >= 0.6 is 0 Å². The number of hydrogen-bond donors (Lipinski definition) is 0. The highest BCUT2D eigenvalue weighted by Gasteiger charge is 2.42. The van der Waals surface area contributed by atoms with Gasteiger partial charge >= 0.3 is 6.18 Å². The molecule has 1 fully saturated rings. The van der Waals surface area contributed by atoms with Crippen LogP contribution in [-0.4, -0.2) is 29.2 Å². The Morgan fingerprint density at radius 3 is 2.58 bits per heavy atom. The average molecular weight is 278 g/mol. The summed E-state index contributed by atoms with van der Waals surface area (Å²) < 4.78 is 46.4. The van der Waals surface area contributed by atoms with Crippen LogP contribution in [0.4, 0.5) is 13.2 Å². The summed E-state index contributed by atoms with van der Waals surface area (Å²) in [6, 6.07) is 0. The van der Waals surface area contributed by atoms with Crippen LogP contribution in [0.25, 0.3) is 0 Å². The van der Waals surface area contributed by atoms with Crippen molar-refractivity contribution in [3.05, 3.63) is 11.7 Å². The van der Waals surface area contributed by atoms with Gasteiger partial charge in [-0.05, 0) is 25.7 Å². The smallest absolute Gasteiger partial charge is 0.370 e. The zero-order valence-electron chi connectivity index (χ0n) is 10.3. The first-order valence-electron chi connectivity index (χ1n) is 5.86. The summed E-state index contributed by atoms with van der Waals surface area (Å²) in [6.07, 6.45) is -2.58. The highest BCUT2D eigenvalue weighted by molar-refractivity contribution is 5.85. The monoisotopic (exact) mass is 278 g/mol. The Bertz CT molecular complexity index is 464. The van der Waals surface area contributed by atoms with Gasteiger partial charge in [-0.2, -0.15) is 18.2 Å². The quantitative estimate of drug-likeness (QED) is 0.844. The van der Waals surface area contributed by atoms with Crippen molar-refractivity contribution >= 4 is 5.78 Å². The molecule has 0 atom stereocenters. The van der Waals surface area contributed by atoms with Gasteiger partial charge in [-0.3, -0.25) is 4.79 Å². The summed E-state index contributed by atoms with van der Waals surface area (Å²) in [5.41, 5.74) is -0.691. The number of nitrogens with zero attached hydrogens (tertiary/aromatic N) is 2. The number of carbonyl (C=O) groups excluding carboxylic acids is 1. The van der Waals surface area contributed by atoms with Crippen molar-refractivity contribution in [1.82, 2.24) is 10.1 Å². The molecule has 1 heterocycles. The molecular formula is C11H13F3N2O3. The average Bonchev–Trinajstić information content (AvgIpc) is 2.96. The lowest BCUT2D eigenvalue weighted by Crippen LogP contribution is -2.26. The predicted octanol–water partition coefficient (Wildman–Crippen LogP) is 2.16. The van der Waals surface area contributed by atoms with Gasteiger partial charge in [0.1, 0.15) is 5.60 Å². The minimum absolute atomic E-state index is 0.220. The van der Waals surface area contributed by atoms with E-state index in [9.17, 15) is 18.0 Å². The van der Waals surface area contributed by atoms with Crippen molar-refractivity contribution in [3.63, 3.8) is 0 Å². The largest absolute Gasteiger partial charge is 0.450 e. The molecule has 1 aromatic rings. The molecule has 0 N–H and O–H groups in total. The fourth-order valence-electron chi connectivity index (χ4n) is 2.21. The second-order valence-corrected chi connectivity index (χ2v) is 4.51. The Morgan fingerprint density at radius 2 is 2.05 bits per heavy atom. The van der Waals surface area contributed by atoms with E-state index >= 15 is 0 Å². The summed E-state index contributed by atoms with van der Waals surface area (Å²) in [6.45, 7) is 0. The van der Waals surface area contributed by atoms with Gasteiger partial charge < -0.3 is 9.26 Å². The number of ketones is 1. The van der Waals surface area contributed by atoms with Crippen LogP contribution in [0.15, 0.2) is 4.52 Å². The summed E-state index contributed by atoms with van der Waals surface area (Å²) in [5, 5.41) is 3.65. The molecule has 0 aliphatic heterocycles. The van der Waals surface area contributed by atoms with E-state index in [1.165, 1.54) is 7.11 Å². The van der Waals surface area contributed by atoms with Crippen molar-refractivity contribution in [2.24, 2.45) is 0 Å². The van der Waals surface area contributed by atoms with Crippen LogP contribution in [0, 0.1) is 0 Å². The van der Waals surface area contributed by atoms with Gasteiger partial charge in [-0.15, -0.1) is 0 Å². The van der Waals surface area contributed by atoms with Gasteiger partial charge in [0.15, 0.2) is 0 Å². The number of alkyl halides is 3. The number of Topliss-reactive ketones (excluding diaryl/α,β-unsaturated/α-hetero) is 1. The van der Waals surface area contributed by atoms with Crippen molar-refractivity contribution in [2.45, 2.75) is 43.9 Å². The third-order valence-electron chi connectivity index (χ3n) is 3.31.